The molecule has 1 aliphatic rings. The second-order valence-corrected chi connectivity index (χ2v) is 10.6. The molecule has 0 aliphatic carbocycles. The van der Waals surface area contributed by atoms with E-state index in [0.29, 0.717) is 25.2 Å². The molecule has 3 amide bonds. The highest BCUT2D eigenvalue weighted by molar-refractivity contribution is 5.96. The van der Waals surface area contributed by atoms with Gasteiger partial charge in [-0.15, -0.1) is 0 Å². The lowest BCUT2D eigenvalue weighted by Crippen LogP contribution is -2.57. The van der Waals surface area contributed by atoms with Gasteiger partial charge >= 0.3 is 6.09 Å². The van der Waals surface area contributed by atoms with Crippen molar-refractivity contribution in [2.75, 3.05) is 6.54 Å². The van der Waals surface area contributed by atoms with Crippen LogP contribution in [0, 0.1) is 5.41 Å². The monoisotopic (exact) mass is 506 g/mol. The molecule has 1 heterocycles. The summed E-state index contributed by atoms with van der Waals surface area (Å²) in [5.41, 5.74) is 2.64. The molecular weight excluding hydrogens is 468 g/mol. The maximum atomic E-state index is 13.4. The Morgan fingerprint density at radius 3 is 2.32 bits per heavy atom. The van der Waals surface area contributed by atoms with Crippen molar-refractivity contribution in [2.45, 2.75) is 77.6 Å². The van der Waals surface area contributed by atoms with E-state index in [4.69, 9.17) is 10.1 Å². The third kappa shape index (κ3) is 7.90. The second-order valence-electron chi connectivity index (χ2n) is 10.6. The SMILES string of the molecule is CC(=N)c1ccc(CNC(=O)[C@H](C)NC(=O)[C@H]2C[C@@H](c3ccccc3)CCN2C(=O)OC(C)(C)C)cc1. The van der Waals surface area contributed by atoms with E-state index in [0.717, 1.165) is 23.1 Å². The first kappa shape index (κ1) is 27.9. The van der Waals surface area contributed by atoms with Gasteiger partial charge in [0, 0.05) is 18.8 Å². The second kappa shape index (κ2) is 12.0. The lowest BCUT2D eigenvalue weighted by atomic mass is 9.85. The number of carbonyl (C=O) groups is 3. The zero-order chi connectivity index (χ0) is 27.2. The highest BCUT2D eigenvalue weighted by atomic mass is 16.6. The average molecular weight is 507 g/mol. The van der Waals surface area contributed by atoms with E-state index in [-0.39, 0.29) is 17.7 Å². The molecule has 8 nitrogen and oxygen atoms in total. The zero-order valence-corrected chi connectivity index (χ0v) is 22.3. The summed E-state index contributed by atoms with van der Waals surface area (Å²) in [5.74, 6) is -0.577. The van der Waals surface area contributed by atoms with Gasteiger partial charge < -0.3 is 20.8 Å². The van der Waals surface area contributed by atoms with Gasteiger partial charge in [-0.1, -0.05) is 54.6 Å². The summed E-state index contributed by atoms with van der Waals surface area (Å²) in [4.78, 5) is 40.6. The van der Waals surface area contributed by atoms with Gasteiger partial charge in [0.15, 0.2) is 0 Å². The Bertz CT molecular complexity index is 1110. The van der Waals surface area contributed by atoms with Crippen molar-refractivity contribution in [2.24, 2.45) is 0 Å². The normalized spacial score (nSPS) is 18.5. The first-order valence-electron chi connectivity index (χ1n) is 12.7. The summed E-state index contributed by atoms with van der Waals surface area (Å²) in [6, 6.07) is 15.8. The minimum Gasteiger partial charge on any atom is -0.444 e. The van der Waals surface area contributed by atoms with Crippen LogP contribution in [0.1, 0.15) is 70.1 Å². The predicted octanol–water partition coefficient (Wildman–Crippen LogP) is 4.38. The van der Waals surface area contributed by atoms with Crippen LogP contribution in [-0.4, -0.2) is 52.7 Å². The van der Waals surface area contributed by atoms with Crippen LogP contribution in [0.25, 0.3) is 0 Å². The maximum Gasteiger partial charge on any atom is 0.410 e. The van der Waals surface area contributed by atoms with E-state index in [1.165, 1.54) is 4.90 Å². The number of hydrogen-bond acceptors (Lipinski definition) is 5. The lowest BCUT2D eigenvalue weighted by Gasteiger charge is -2.39. The number of amides is 3. The average Bonchev–Trinajstić information content (AvgIpc) is 2.86. The van der Waals surface area contributed by atoms with Crippen LogP contribution in [0.5, 0.6) is 0 Å². The Hall–Kier alpha value is -3.68. The van der Waals surface area contributed by atoms with Gasteiger partial charge in [-0.25, -0.2) is 4.79 Å². The molecule has 0 bridgehead atoms. The third-order valence-corrected chi connectivity index (χ3v) is 6.41. The van der Waals surface area contributed by atoms with Crippen LogP contribution >= 0.6 is 0 Å². The number of rotatable bonds is 7. The summed E-state index contributed by atoms with van der Waals surface area (Å²) in [6.07, 6.45) is 0.640. The molecule has 198 valence electrons. The lowest BCUT2D eigenvalue weighted by molar-refractivity contribution is -0.132. The van der Waals surface area contributed by atoms with Crippen molar-refractivity contribution >= 4 is 23.6 Å². The molecule has 1 saturated heterocycles. The fraction of sp³-hybridized carbons (Fsp3) is 0.448. The quantitative estimate of drug-likeness (QED) is 0.484. The number of carbonyl (C=O) groups excluding carboxylic acids is 3. The van der Waals surface area contributed by atoms with Crippen LogP contribution in [0.4, 0.5) is 4.79 Å². The number of likely N-dealkylation sites (tertiary alicyclic amines) is 1. The summed E-state index contributed by atoms with van der Waals surface area (Å²) in [7, 11) is 0. The Kier molecular flexibility index (Phi) is 9.08. The summed E-state index contributed by atoms with van der Waals surface area (Å²) in [5, 5.41) is 13.3. The van der Waals surface area contributed by atoms with E-state index in [1.54, 1.807) is 34.6 Å². The van der Waals surface area contributed by atoms with Gasteiger partial charge in [-0.2, -0.15) is 0 Å². The molecular formula is C29H38N4O4. The fourth-order valence-corrected chi connectivity index (χ4v) is 4.37. The van der Waals surface area contributed by atoms with E-state index in [1.807, 2.05) is 54.6 Å². The van der Waals surface area contributed by atoms with Crippen molar-refractivity contribution in [3.8, 4) is 0 Å². The molecule has 2 aromatic rings. The molecule has 1 aliphatic heterocycles. The summed E-state index contributed by atoms with van der Waals surface area (Å²) < 4.78 is 5.58. The van der Waals surface area contributed by atoms with Gasteiger partial charge in [-0.3, -0.25) is 14.5 Å². The Labute approximate surface area is 219 Å². The van der Waals surface area contributed by atoms with Crippen LogP contribution in [0.3, 0.4) is 0 Å². The minimum atomic E-state index is -0.784. The van der Waals surface area contributed by atoms with E-state index >= 15 is 0 Å². The number of nitrogens with zero attached hydrogens (tertiary/aromatic N) is 1. The van der Waals surface area contributed by atoms with E-state index in [2.05, 4.69) is 10.6 Å². The highest BCUT2D eigenvalue weighted by Crippen LogP contribution is 2.32. The van der Waals surface area contributed by atoms with Gasteiger partial charge in [0.1, 0.15) is 17.7 Å². The topological polar surface area (TPSA) is 112 Å². The predicted molar refractivity (Wildman–Crippen MR) is 144 cm³/mol. The molecule has 0 aromatic heterocycles. The van der Waals surface area contributed by atoms with Crippen molar-refractivity contribution in [3.63, 3.8) is 0 Å². The molecule has 0 unspecified atom stereocenters. The van der Waals surface area contributed by atoms with Gasteiger partial charge in [0.05, 0.1) is 0 Å². The largest absolute Gasteiger partial charge is 0.444 e. The number of piperidine rings is 1. The van der Waals surface area contributed by atoms with Crippen molar-refractivity contribution in [1.29, 1.82) is 5.41 Å². The maximum absolute atomic E-state index is 13.4. The first-order valence-corrected chi connectivity index (χ1v) is 12.7. The Balaban J connectivity index is 1.66. The molecule has 3 atom stereocenters. The smallest absolute Gasteiger partial charge is 0.410 e. The molecule has 1 fully saturated rings. The van der Waals surface area contributed by atoms with Crippen LogP contribution in [0.15, 0.2) is 54.6 Å². The van der Waals surface area contributed by atoms with Crippen molar-refractivity contribution in [3.05, 3.63) is 71.3 Å². The van der Waals surface area contributed by atoms with Gasteiger partial charge in [-0.05, 0) is 70.1 Å². The van der Waals surface area contributed by atoms with Gasteiger partial charge in [0.25, 0.3) is 0 Å². The van der Waals surface area contributed by atoms with Crippen LogP contribution in [0.2, 0.25) is 0 Å². The van der Waals surface area contributed by atoms with Gasteiger partial charge in [0.2, 0.25) is 11.8 Å². The number of nitrogens with one attached hydrogen (secondary N) is 3. The fourth-order valence-electron chi connectivity index (χ4n) is 4.37. The number of hydrogen-bond donors (Lipinski definition) is 3. The van der Waals surface area contributed by atoms with Crippen molar-refractivity contribution in [1.82, 2.24) is 15.5 Å². The van der Waals surface area contributed by atoms with E-state index in [9.17, 15) is 14.4 Å². The zero-order valence-electron chi connectivity index (χ0n) is 22.3. The van der Waals surface area contributed by atoms with Crippen LogP contribution < -0.4 is 10.6 Å². The Morgan fingerprint density at radius 1 is 1.08 bits per heavy atom. The van der Waals surface area contributed by atoms with Crippen molar-refractivity contribution < 1.29 is 19.1 Å². The summed E-state index contributed by atoms with van der Waals surface area (Å²) >= 11 is 0. The molecule has 2 aromatic carbocycles. The summed E-state index contributed by atoms with van der Waals surface area (Å²) in [6.45, 7) is 9.43. The number of benzene rings is 2. The standard InChI is InChI=1S/C29H38N4O4/c1-19(30)22-13-11-21(12-14-22)18-31-26(34)20(2)32-27(35)25-17-24(23-9-7-6-8-10-23)15-16-33(25)28(36)37-29(3,4)5/h6-14,20,24-25,30H,15-18H2,1-5H3,(H,31,34)(H,32,35)/t20-,24-,25+/m0/s1. The third-order valence-electron chi connectivity index (χ3n) is 6.41. The van der Waals surface area contributed by atoms with E-state index < -0.39 is 23.8 Å². The molecule has 3 rings (SSSR count). The molecule has 0 radical (unpaired) electrons. The molecule has 3 N–H and O–H groups in total. The Morgan fingerprint density at radius 2 is 1.73 bits per heavy atom. The highest BCUT2D eigenvalue weighted by Gasteiger charge is 2.39. The molecule has 0 saturated carbocycles. The number of ether oxygens (including phenoxy) is 1. The first-order chi connectivity index (χ1) is 17.4. The molecule has 8 heteroatoms. The molecule has 0 spiro atoms. The minimum absolute atomic E-state index is 0.118. The van der Waals surface area contributed by atoms with Crippen LogP contribution in [-0.2, 0) is 20.9 Å². The molecule has 37 heavy (non-hydrogen) atoms.